The number of hydrogen-bond acceptors (Lipinski definition) is 0. The lowest BCUT2D eigenvalue weighted by Crippen LogP contribution is -2.13. The van der Waals surface area contributed by atoms with Crippen molar-refractivity contribution in [3.8, 4) is 22.3 Å². The van der Waals surface area contributed by atoms with Crippen LogP contribution < -0.4 is 0 Å². The summed E-state index contributed by atoms with van der Waals surface area (Å²) in [6.45, 7) is 3.80. The zero-order valence-electron chi connectivity index (χ0n) is 21.1. The summed E-state index contributed by atoms with van der Waals surface area (Å²) < 4.78 is 43.4. The maximum Gasteiger partial charge on any atom is 0.166 e. The number of halogens is 3. The highest BCUT2D eigenvalue weighted by molar-refractivity contribution is 5.71. The van der Waals surface area contributed by atoms with E-state index in [1.165, 1.54) is 51.4 Å². The molecule has 0 N–H and O–H groups in total. The minimum Gasteiger partial charge on any atom is -0.206 e. The van der Waals surface area contributed by atoms with Crippen LogP contribution in [0.1, 0.15) is 88.2 Å². The first-order valence-electron chi connectivity index (χ1n) is 13.3. The predicted molar refractivity (Wildman–Crippen MR) is 140 cm³/mol. The second kappa shape index (κ2) is 11.9. The van der Waals surface area contributed by atoms with Crippen molar-refractivity contribution >= 4 is 0 Å². The molecule has 0 spiro atoms. The highest BCUT2D eigenvalue weighted by Gasteiger charge is 2.23. The highest BCUT2D eigenvalue weighted by atomic mass is 19.2. The van der Waals surface area contributed by atoms with Gasteiger partial charge in [-0.1, -0.05) is 94.0 Å². The van der Waals surface area contributed by atoms with Crippen molar-refractivity contribution in [2.45, 2.75) is 84.0 Å². The molecule has 0 amide bonds. The van der Waals surface area contributed by atoms with Crippen LogP contribution in [-0.4, -0.2) is 0 Å². The molecule has 0 nitrogen and oxygen atoms in total. The Bertz CT molecular complexity index is 1110. The molecule has 3 heteroatoms. The first-order valence-corrected chi connectivity index (χ1v) is 13.3. The van der Waals surface area contributed by atoms with E-state index in [0.717, 1.165) is 29.9 Å². The minimum absolute atomic E-state index is 0.215. The molecule has 0 unspecified atom stereocenters. The zero-order chi connectivity index (χ0) is 24.8. The molecule has 3 aromatic carbocycles. The fraction of sp³-hybridized carbons (Fsp3) is 0.438. The van der Waals surface area contributed by atoms with Gasteiger partial charge in [-0.25, -0.2) is 13.2 Å². The number of hydrogen-bond donors (Lipinski definition) is 0. The van der Waals surface area contributed by atoms with E-state index in [9.17, 15) is 8.78 Å². The van der Waals surface area contributed by atoms with E-state index < -0.39 is 11.6 Å². The van der Waals surface area contributed by atoms with Crippen LogP contribution in [0.3, 0.4) is 0 Å². The SMILES string of the molecule is CCCCCCCC1CCC(c2ccc(-c3ccc(-c4ccc(C)c(F)c4F)cc3)c(F)c2)CC1. The lowest BCUT2D eigenvalue weighted by atomic mass is 9.77. The molecule has 0 aromatic heterocycles. The van der Waals surface area contributed by atoms with Gasteiger partial charge in [-0.15, -0.1) is 0 Å². The van der Waals surface area contributed by atoms with Gasteiger partial charge in [0, 0.05) is 11.1 Å². The molecule has 1 aliphatic carbocycles. The molecule has 4 rings (SSSR count). The second-order valence-corrected chi connectivity index (χ2v) is 10.3. The summed E-state index contributed by atoms with van der Waals surface area (Å²) in [4.78, 5) is 0. The van der Waals surface area contributed by atoms with E-state index in [-0.39, 0.29) is 16.9 Å². The van der Waals surface area contributed by atoms with Gasteiger partial charge in [0.05, 0.1) is 0 Å². The topological polar surface area (TPSA) is 0 Å². The minimum atomic E-state index is -0.848. The maximum atomic E-state index is 15.1. The summed E-state index contributed by atoms with van der Waals surface area (Å²) >= 11 is 0. The summed E-state index contributed by atoms with van der Waals surface area (Å²) in [6.07, 6.45) is 12.8. The van der Waals surface area contributed by atoms with Gasteiger partial charge < -0.3 is 0 Å². The van der Waals surface area contributed by atoms with Crippen molar-refractivity contribution in [1.82, 2.24) is 0 Å². The van der Waals surface area contributed by atoms with Crippen molar-refractivity contribution < 1.29 is 13.2 Å². The summed E-state index contributed by atoms with van der Waals surface area (Å²) in [5, 5.41) is 0. The van der Waals surface area contributed by atoms with Crippen LogP contribution in [0.25, 0.3) is 22.3 Å². The third-order valence-corrected chi connectivity index (χ3v) is 7.81. The Morgan fingerprint density at radius 2 is 1.31 bits per heavy atom. The molecule has 0 heterocycles. The van der Waals surface area contributed by atoms with Gasteiger partial charge in [0.25, 0.3) is 0 Å². The first kappa shape index (κ1) is 25.5. The van der Waals surface area contributed by atoms with Gasteiger partial charge in [0.2, 0.25) is 0 Å². The average Bonchev–Trinajstić information content (AvgIpc) is 2.88. The number of aryl methyl sites for hydroxylation is 1. The zero-order valence-corrected chi connectivity index (χ0v) is 21.1. The van der Waals surface area contributed by atoms with Crippen LogP contribution in [0, 0.1) is 30.3 Å². The lowest BCUT2D eigenvalue weighted by molar-refractivity contribution is 0.301. The molecule has 35 heavy (non-hydrogen) atoms. The van der Waals surface area contributed by atoms with Crippen LogP contribution in [0.5, 0.6) is 0 Å². The van der Waals surface area contributed by atoms with Crippen LogP contribution in [0.15, 0.2) is 54.6 Å². The van der Waals surface area contributed by atoms with Crippen LogP contribution in [-0.2, 0) is 0 Å². The van der Waals surface area contributed by atoms with Gasteiger partial charge in [-0.3, -0.25) is 0 Å². The Balaban J connectivity index is 1.38. The molecule has 1 fully saturated rings. The van der Waals surface area contributed by atoms with E-state index in [1.807, 2.05) is 6.07 Å². The summed E-state index contributed by atoms with van der Waals surface area (Å²) in [5.41, 5.74) is 3.44. The van der Waals surface area contributed by atoms with Gasteiger partial charge in [-0.2, -0.15) is 0 Å². The Kier molecular flexibility index (Phi) is 8.70. The third-order valence-electron chi connectivity index (χ3n) is 7.81. The molecular weight excluding hydrogens is 441 g/mol. The second-order valence-electron chi connectivity index (χ2n) is 10.3. The smallest absolute Gasteiger partial charge is 0.166 e. The molecule has 1 aliphatic rings. The van der Waals surface area contributed by atoms with Crippen LogP contribution in [0.2, 0.25) is 0 Å². The monoisotopic (exact) mass is 478 g/mol. The van der Waals surface area contributed by atoms with Gasteiger partial charge in [-0.05, 0) is 72.8 Å². The Morgan fingerprint density at radius 3 is 1.97 bits per heavy atom. The summed E-state index contributed by atoms with van der Waals surface area (Å²) in [5.74, 6) is -0.617. The summed E-state index contributed by atoms with van der Waals surface area (Å²) in [7, 11) is 0. The number of benzene rings is 3. The van der Waals surface area contributed by atoms with Crippen molar-refractivity contribution in [1.29, 1.82) is 0 Å². The van der Waals surface area contributed by atoms with Gasteiger partial charge >= 0.3 is 0 Å². The molecule has 0 atom stereocenters. The van der Waals surface area contributed by atoms with Crippen LogP contribution >= 0.6 is 0 Å². The number of rotatable bonds is 9. The molecule has 0 saturated heterocycles. The molecule has 0 bridgehead atoms. The first-order chi connectivity index (χ1) is 17.0. The predicted octanol–water partition coefficient (Wildman–Crippen LogP) is 10.4. The fourth-order valence-corrected chi connectivity index (χ4v) is 5.54. The highest BCUT2D eigenvalue weighted by Crippen LogP contribution is 2.39. The van der Waals surface area contributed by atoms with E-state index in [2.05, 4.69) is 13.0 Å². The normalized spacial score (nSPS) is 18.1. The van der Waals surface area contributed by atoms with Crippen molar-refractivity contribution in [3.63, 3.8) is 0 Å². The Hall–Kier alpha value is -2.55. The van der Waals surface area contributed by atoms with Crippen molar-refractivity contribution in [2.24, 2.45) is 5.92 Å². The molecule has 3 aromatic rings. The van der Waals surface area contributed by atoms with E-state index in [4.69, 9.17) is 0 Å². The molecule has 0 aliphatic heterocycles. The van der Waals surface area contributed by atoms with Crippen molar-refractivity contribution in [2.75, 3.05) is 0 Å². The Labute approximate surface area is 208 Å². The third kappa shape index (κ3) is 6.18. The lowest BCUT2D eigenvalue weighted by Gasteiger charge is -2.29. The molecule has 186 valence electrons. The quantitative estimate of drug-likeness (QED) is 0.268. The van der Waals surface area contributed by atoms with E-state index in [0.29, 0.717) is 17.0 Å². The molecular formula is C32H37F3. The number of unbranched alkanes of at least 4 members (excludes halogenated alkanes) is 4. The standard InChI is InChI=1S/C32H37F3/c1-3-4-5-6-7-8-23-10-12-24(13-11-23)27-18-20-28(30(33)21-27)25-14-16-26(17-15-25)29-19-9-22(2)31(34)32(29)35/h9,14-21,23-24H,3-8,10-13H2,1-2H3. The van der Waals surface area contributed by atoms with Crippen LogP contribution in [0.4, 0.5) is 13.2 Å². The summed E-state index contributed by atoms with van der Waals surface area (Å²) in [6, 6.07) is 15.8. The molecule has 1 saturated carbocycles. The molecule has 0 radical (unpaired) electrons. The van der Waals surface area contributed by atoms with Crippen molar-refractivity contribution in [3.05, 3.63) is 83.2 Å². The fourth-order valence-electron chi connectivity index (χ4n) is 5.54. The Morgan fingerprint density at radius 1 is 0.686 bits per heavy atom. The van der Waals surface area contributed by atoms with Gasteiger partial charge in [0.15, 0.2) is 11.6 Å². The maximum absolute atomic E-state index is 15.1. The largest absolute Gasteiger partial charge is 0.206 e. The van der Waals surface area contributed by atoms with E-state index in [1.54, 1.807) is 49.4 Å². The average molecular weight is 479 g/mol. The van der Waals surface area contributed by atoms with Gasteiger partial charge in [0.1, 0.15) is 5.82 Å². The van der Waals surface area contributed by atoms with E-state index >= 15 is 4.39 Å².